The number of rotatable bonds is 7. The summed E-state index contributed by atoms with van der Waals surface area (Å²) in [5, 5.41) is 13.2. The topological polar surface area (TPSA) is 85.2 Å². The third kappa shape index (κ3) is 5.39. The summed E-state index contributed by atoms with van der Waals surface area (Å²) in [6.07, 6.45) is 18.5. The Morgan fingerprint density at radius 1 is 0.911 bits per heavy atom. The number of hydrogen-bond donors (Lipinski definition) is 1. The average Bonchev–Trinajstić information content (AvgIpc) is 3.46. The largest absolute Gasteiger partial charge is 0.335 e. The van der Waals surface area contributed by atoms with Crippen molar-refractivity contribution in [1.29, 1.82) is 5.26 Å². The molecule has 0 radical (unpaired) electrons. The van der Waals surface area contributed by atoms with E-state index < -0.39 is 10.8 Å². The van der Waals surface area contributed by atoms with Crippen LogP contribution in [0.5, 0.6) is 0 Å². The van der Waals surface area contributed by atoms with Gasteiger partial charge in [0.05, 0.1) is 18.0 Å². The van der Waals surface area contributed by atoms with Crippen molar-refractivity contribution >= 4 is 16.7 Å². The number of anilines is 1. The van der Waals surface area contributed by atoms with E-state index in [9.17, 15) is 9.47 Å². The first-order valence-corrected chi connectivity index (χ1v) is 19.9. The summed E-state index contributed by atoms with van der Waals surface area (Å²) in [5.41, 5.74) is 1.86. The molecule has 0 amide bonds. The van der Waals surface area contributed by atoms with Gasteiger partial charge in [-0.1, -0.05) is 20.3 Å². The first kappa shape index (κ1) is 32.0. The molecule has 1 aromatic rings. The molecule has 0 aromatic carbocycles. The zero-order chi connectivity index (χ0) is 31.5. The lowest BCUT2D eigenvalue weighted by molar-refractivity contribution is -0.181. The standard InChI is InChI=1S/C37H58N6OS/c1-34(2)31-11-13-35(3)29-10-14-37(26-39-16-6-17-42-19-21-45(44)22-20-42)12-5-7-30(37)28(29)8-9-32(35)36(31,4)15-18-43(34)33-40-24-27(23-38)25-41-33/h24-25,28-32,39H,5-22,26H2,1-4H3/t28?,29?,30-,31?,32?,35?,36?,37?/m1/s1. The van der Waals surface area contributed by atoms with Crippen LogP contribution in [0.2, 0.25) is 0 Å². The number of nitriles is 1. The molecular formula is C37H58N6OS. The van der Waals surface area contributed by atoms with Crippen LogP contribution in [0, 0.1) is 57.2 Å². The van der Waals surface area contributed by atoms with Gasteiger partial charge in [0.25, 0.3) is 0 Å². The lowest BCUT2D eigenvalue weighted by Crippen LogP contribution is -2.68. The number of nitrogens with one attached hydrogen (secondary N) is 1. The van der Waals surface area contributed by atoms with Crippen molar-refractivity contribution in [3.05, 3.63) is 18.0 Å². The second-order valence-corrected chi connectivity index (χ2v) is 18.8. The van der Waals surface area contributed by atoms with Crippen LogP contribution in [0.4, 0.5) is 5.95 Å². The van der Waals surface area contributed by atoms with Gasteiger partial charge in [-0.2, -0.15) is 5.26 Å². The Hall–Kier alpha value is -1.56. The van der Waals surface area contributed by atoms with Crippen LogP contribution in [-0.2, 0) is 10.8 Å². The molecule has 0 spiro atoms. The minimum Gasteiger partial charge on any atom is -0.335 e. The number of aromatic nitrogens is 2. The minimum absolute atomic E-state index is 0.00894. The van der Waals surface area contributed by atoms with Gasteiger partial charge in [0.2, 0.25) is 5.95 Å². The fraction of sp³-hybridized carbons (Fsp3) is 0.865. The van der Waals surface area contributed by atoms with Crippen molar-refractivity contribution in [2.24, 2.45) is 45.8 Å². The van der Waals surface area contributed by atoms with Crippen LogP contribution in [-0.4, -0.2) is 75.4 Å². The fourth-order valence-electron chi connectivity index (χ4n) is 12.9. The smallest absolute Gasteiger partial charge is 0.225 e. The van der Waals surface area contributed by atoms with Crippen molar-refractivity contribution < 1.29 is 4.21 Å². The number of fused-ring (bicyclic) bond motifs is 7. The van der Waals surface area contributed by atoms with Crippen molar-refractivity contribution in [3.8, 4) is 6.07 Å². The molecule has 3 heterocycles. The predicted molar refractivity (Wildman–Crippen MR) is 182 cm³/mol. The van der Waals surface area contributed by atoms with Crippen LogP contribution < -0.4 is 10.2 Å². The first-order chi connectivity index (χ1) is 21.6. The van der Waals surface area contributed by atoms with Gasteiger partial charge in [-0.25, -0.2) is 9.97 Å². The molecule has 0 bridgehead atoms. The molecule has 7 nitrogen and oxygen atoms in total. The van der Waals surface area contributed by atoms with E-state index in [4.69, 9.17) is 0 Å². The van der Waals surface area contributed by atoms with Gasteiger partial charge < -0.3 is 15.1 Å². The van der Waals surface area contributed by atoms with Crippen molar-refractivity contribution in [2.45, 2.75) is 104 Å². The molecule has 8 atom stereocenters. The molecular weight excluding hydrogens is 577 g/mol. The van der Waals surface area contributed by atoms with Crippen LogP contribution in [0.1, 0.15) is 104 Å². The highest BCUT2D eigenvalue weighted by Gasteiger charge is 2.66. The molecule has 2 aliphatic heterocycles. The monoisotopic (exact) mass is 634 g/mol. The lowest BCUT2D eigenvalue weighted by Gasteiger charge is -2.70. The molecule has 1 aromatic heterocycles. The Morgan fingerprint density at radius 2 is 1.69 bits per heavy atom. The van der Waals surface area contributed by atoms with Gasteiger partial charge >= 0.3 is 0 Å². The Labute approximate surface area is 275 Å². The van der Waals surface area contributed by atoms with Crippen LogP contribution in [0.3, 0.4) is 0 Å². The third-order valence-electron chi connectivity index (χ3n) is 15.0. The van der Waals surface area contributed by atoms with E-state index in [1.165, 1.54) is 77.2 Å². The normalized spacial score (nSPS) is 41.4. The zero-order valence-corrected chi connectivity index (χ0v) is 29.3. The van der Waals surface area contributed by atoms with Gasteiger partial charge in [-0.05, 0) is 137 Å². The molecule has 7 unspecified atom stereocenters. The van der Waals surface area contributed by atoms with E-state index in [0.717, 1.165) is 73.8 Å². The Balaban J connectivity index is 1.01. The summed E-state index contributed by atoms with van der Waals surface area (Å²) < 4.78 is 11.7. The zero-order valence-electron chi connectivity index (χ0n) is 28.5. The van der Waals surface area contributed by atoms with Crippen molar-refractivity contribution in [3.63, 3.8) is 0 Å². The number of piperidine rings is 1. The van der Waals surface area contributed by atoms with Crippen LogP contribution in [0.15, 0.2) is 12.4 Å². The van der Waals surface area contributed by atoms with Crippen molar-refractivity contribution in [2.75, 3.05) is 55.7 Å². The van der Waals surface area contributed by atoms with Gasteiger partial charge in [0.15, 0.2) is 0 Å². The number of hydrogen-bond acceptors (Lipinski definition) is 7. The highest BCUT2D eigenvalue weighted by atomic mass is 32.2. The van der Waals surface area contributed by atoms with E-state index in [1.54, 1.807) is 12.4 Å². The van der Waals surface area contributed by atoms with E-state index in [0.29, 0.717) is 27.7 Å². The van der Waals surface area contributed by atoms with Gasteiger partial charge in [-0.3, -0.25) is 4.21 Å². The second-order valence-electron chi connectivity index (χ2n) is 17.1. The summed E-state index contributed by atoms with van der Waals surface area (Å²) in [5.74, 6) is 6.66. The molecule has 4 aliphatic carbocycles. The van der Waals surface area contributed by atoms with E-state index in [1.807, 2.05) is 0 Å². The SMILES string of the molecule is CC12CCC3C(C)(CCN(c4ncc(C#N)cn4)C3(C)C)C1CCC1C2CCC2(CNCCCN3CCS(=O)CC3)CCC[C@H]12. The molecule has 45 heavy (non-hydrogen) atoms. The number of nitrogens with zero attached hydrogens (tertiary/aromatic N) is 5. The van der Waals surface area contributed by atoms with Crippen LogP contribution >= 0.6 is 0 Å². The molecule has 6 fully saturated rings. The Bertz CT molecular complexity index is 1290. The molecule has 8 heteroatoms. The fourth-order valence-corrected chi connectivity index (χ4v) is 14.0. The summed E-state index contributed by atoms with van der Waals surface area (Å²) in [7, 11) is -0.576. The molecule has 6 aliphatic rings. The molecule has 1 N–H and O–H groups in total. The maximum Gasteiger partial charge on any atom is 0.225 e. The lowest BCUT2D eigenvalue weighted by atomic mass is 9.38. The van der Waals surface area contributed by atoms with Gasteiger partial charge in [-0.15, -0.1) is 0 Å². The summed E-state index contributed by atoms with van der Waals surface area (Å²) in [6, 6.07) is 2.17. The molecule has 2 saturated heterocycles. The van der Waals surface area contributed by atoms with E-state index in [2.05, 4.69) is 58.8 Å². The highest BCUT2D eigenvalue weighted by molar-refractivity contribution is 7.85. The Morgan fingerprint density at radius 3 is 2.44 bits per heavy atom. The maximum atomic E-state index is 11.7. The molecule has 248 valence electrons. The first-order valence-electron chi connectivity index (χ1n) is 18.4. The maximum absolute atomic E-state index is 11.7. The molecule has 4 saturated carbocycles. The van der Waals surface area contributed by atoms with Gasteiger partial charge in [0.1, 0.15) is 6.07 Å². The third-order valence-corrected chi connectivity index (χ3v) is 16.2. The van der Waals surface area contributed by atoms with E-state index in [-0.39, 0.29) is 5.54 Å². The predicted octanol–water partition coefficient (Wildman–Crippen LogP) is 6.03. The average molecular weight is 635 g/mol. The minimum atomic E-state index is -0.576. The van der Waals surface area contributed by atoms with Crippen molar-refractivity contribution in [1.82, 2.24) is 20.2 Å². The Kier molecular flexibility index (Phi) is 8.64. The quantitative estimate of drug-likeness (QED) is 0.367. The summed E-state index contributed by atoms with van der Waals surface area (Å²) in [4.78, 5) is 14.3. The summed E-state index contributed by atoms with van der Waals surface area (Å²) >= 11 is 0. The van der Waals surface area contributed by atoms with Gasteiger partial charge in [0, 0.05) is 54.0 Å². The van der Waals surface area contributed by atoms with Crippen LogP contribution in [0.25, 0.3) is 0 Å². The van der Waals surface area contributed by atoms with E-state index >= 15 is 0 Å². The summed E-state index contributed by atoms with van der Waals surface area (Å²) in [6.45, 7) is 16.9. The molecule has 7 rings (SSSR count). The highest BCUT2D eigenvalue weighted by Crippen LogP contribution is 2.71. The second kappa shape index (κ2) is 12.2.